The first-order chi connectivity index (χ1) is 5.83. The third-order valence-electron chi connectivity index (χ3n) is 2.07. The number of hydrogen-bond donors (Lipinski definition) is 0. The van der Waals surface area contributed by atoms with Gasteiger partial charge in [-0.1, -0.05) is 12.2 Å². The second kappa shape index (κ2) is 5.09. The lowest BCUT2D eigenvalue weighted by molar-refractivity contribution is -0.124. The first-order valence-corrected chi connectivity index (χ1v) is 4.59. The highest BCUT2D eigenvalue weighted by molar-refractivity contribution is 5.80. The summed E-state index contributed by atoms with van der Waals surface area (Å²) in [6.07, 6.45) is 7.23. The topological polar surface area (TPSA) is 26.3 Å². The zero-order chi connectivity index (χ0) is 8.81. The average Bonchev–Trinajstić information content (AvgIpc) is 2.53. The molecule has 68 valence electrons. The number of ether oxygens (including phenoxy) is 1. The van der Waals surface area contributed by atoms with Gasteiger partial charge in [0.05, 0.1) is 0 Å². The number of carbonyl (C=O) groups excluding carboxylic acids is 1. The molecule has 1 aliphatic rings. The summed E-state index contributed by atoms with van der Waals surface area (Å²) in [6.45, 7) is 2.83. The molecule has 0 aromatic carbocycles. The molecule has 1 aliphatic carbocycles. The fraction of sp³-hybridized carbons (Fsp3) is 0.700. The van der Waals surface area contributed by atoms with Crippen molar-refractivity contribution in [1.29, 1.82) is 0 Å². The zero-order valence-corrected chi connectivity index (χ0v) is 7.58. The summed E-state index contributed by atoms with van der Waals surface area (Å²) in [5.41, 5.74) is 0. The molecule has 0 radical (unpaired) electrons. The highest BCUT2D eigenvalue weighted by atomic mass is 16.5. The van der Waals surface area contributed by atoms with Crippen molar-refractivity contribution in [1.82, 2.24) is 0 Å². The van der Waals surface area contributed by atoms with Crippen molar-refractivity contribution in [3.63, 3.8) is 0 Å². The molecule has 0 aliphatic heterocycles. The van der Waals surface area contributed by atoms with E-state index in [-0.39, 0.29) is 5.78 Å². The van der Waals surface area contributed by atoms with Crippen molar-refractivity contribution in [2.24, 2.45) is 5.92 Å². The lowest BCUT2D eigenvalue weighted by Crippen LogP contribution is -2.11. The van der Waals surface area contributed by atoms with E-state index in [2.05, 4.69) is 12.2 Å². The van der Waals surface area contributed by atoms with Crippen LogP contribution in [0.5, 0.6) is 0 Å². The summed E-state index contributed by atoms with van der Waals surface area (Å²) in [7, 11) is 0. The highest BCUT2D eigenvalue weighted by Crippen LogP contribution is 2.20. The van der Waals surface area contributed by atoms with Crippen LogP contribution in [0, 0.1) is 5.92 Å². The molecule has 1 unspecified atom stereocenters. The molecular weight excluding hydrogens is 152 g/mol. The first kappa shape index (κ1) is 9.46. The van der Waals surface area contributed by atoms with Crippen molar-refractivity contribution in [2.75, 3.05) is 13.2 Å². The summed E-state index contributed by atoms with van der Waals surface area (Å²) in [5.74, 6) is 0.714. The molecule has 0 bridgehead atoms. The van der Waals surface area contributed by atoms with Gasteiger partial charge in [0.1, 0.15) is 6.61 Å². The smallest absolute Gasteiger partial charge is 0.159 e. The minimum atomic E-state index is 0.230. The molecule has 2 heteroatoms. The Morgan fingerprint density at radius 3 is 3.08 bits per heavy atom. The molecule has 0 N–H and O–H groups in total. The number of carbonyl (C=O) groups is 1. The fourth-order valence-corrected chi connectivity index (χ4v) is 1.43. The second-order valence-corrected chi connectivity index (χ2v) is 3.15. The van der Waals surface area contributed by atoms with Crippen LogP contribution in [0.1, 0.15) is 26.2 Å². The van der Waals surface area contributed by atoms with Crippen molar-refractivity contribution in [2.45, 2.75) is 26.2 Å². The Bertz CT molecular complexity index is 173. The van der Waals surface area contributed by atoms with Crippen LogP contribution < -0.4 is 0 Å². The van der Waals surface area contributed by atoms with Gasteiger partial charge >= 0.3 is 0 Å². The Hall–Kier alpha value is -0.630. The van der Waals surface area contributed by atoms with Gasteiger partial charge in [-0.15, -0.1) is 0 Å². The highest BCUT2D eigenvalue weighted by Gasteiger charge is 2.13. The van der Waals surface area contributed by atoms with Gasteiger partial charge in [0, 0.05) is 13.0 Å². The van der Waals surface area contributed by atoms with Crippen molar-refractivity contribution in [3.8, 4) is 0 Å². The lowest BCUT2D eigenvalue weighted by atomic mass is 10.0. The summed E-state index contributed by atoms with van der Waals surface area (Å²) in [4.78, 5) is 11.2. The Morgan fingerprint density at radius 2 is 2.50 bits per heavy atom. The zero-order valence-electron chi connectivity index (χ0n) is 7.58. The fourth-order valence-electron chi connectivity index (χ4n) is 1.43. The first-order valence-electron chi connectivity index (χ1n) is 4.59. The lowest BCUT2D eigenvalue weighted by Gasteiger charge is -2.05. The van der Waals surface area contributed by atoms with Crippen LogP contribution in [0.25, 0.3) is 0 Å². The number of Topliss-reactive ketones (excluding diaryl/α,β-unsaturated/α-hetero) is 1. The molecular formula is C10H16O2. The van der Waals surface area contributed by atoms with E-state index in [0.717, 1.165) is 12.8 Å². The minimum absolute atomic E-state index is 0.230. The molecule has 1 rings (SSSR count). The van der Waals surface area contributed by atoms with E-state index in [9.17, 15) is 4.79 Å². The van der Waals surface area contributed by atoms with Gasteiger partial charge in [-0.3, -0.25) is 4.79 Å². The predicted octanol–water partition coefficient (Wildman–Crippen LogP) is 1.95. The maximum Gasteiger partial charge on any atom is 0.159 e. The number of allylic oxidation sites excluding steroid dienone is 2. The van der Waals surface area contributed by atoms with Crippen molar-refractivity contribution >= 4 is 5.78 Å². The molecule has 0 heterocycles. The summed E-state index contributed by atoms with van der Waals surface area (Å²) in [5, 5.41) is 0. The van der Waals surface area contributed by atoms with Crippen LogP contribution in [0.2, 0.25) is 0 Å². The standard InChI is InChI=1S/C10H16O2/c1-2-12-8-10(11)7-9-5-3-4-6-9/h3,5,9H,2,4,6-8H2,1H3. The largest absolute Gasteiger partial charge is 0.374 e. The van der Waals surface area contributed by atoms with Gasteiger partial charge in [-0.05, 0) is 25.7 Å². The molecule has 12 heavy (non-hydrogen) atoms. The molecule has 0 fully saturated rings. The monoisotopic (exact) mass is 168 g/mol. The summed E-state index contributed by atoms with van der Waals surface area (Å²) in [6, 6.07) is 0. The van der Waals surface area contributed by atoms with Crippen LogP contribution in [-0.4, -0.2) is 19.0 Å². The van der Waals surface area contributed by atoms with E-state index in [1.165, 1.54) is 0 Å². The molecule has 0 aromatic heterocycles. The van der Waals surface area contributed by atoms with Gasteiger partial charge < -0.3 is 4.74 Å². The van der Waals surface area contributed by atoms with Gasteiger partial charge in [0.25, 0.3) is 0 Å². The molecule has 0 saturated carbocycles. The molecule has 1 atom stereocenters. The van der Waals surface area contributed by atoms with Gasteiger partial charge in [-0.25, -0.2) is 0 Å². The Kier molecular flexibility index (Phi) is 4.01. The predicted molar refractivity (Wildman–Crippen MR) is 48.0 cm³/mol. The SMILES string of the molecule is CCOCC(=O)CC1C=CCC1. The van der Waals surface area contributed by atoms with Gasteiger partial charge in [0.2, 0.25) is 0 Å². The Morgan fingerprint density at radius 1 is 1.67 bits per heavy atom. The molecule has 0 aromatic rings. The van der Waals surface area contributed by atoms with Crippen LogP contribution in [-0.2, 0) is 9.53 Å². The normalized spacial score (nSPS) is 21.6. The molecule has 0 spiro atoms. The van der Waals surface area contributed by atoms with Crippen molar-refractivity contribution in [3.05, 3.63) is 12.2 Å². The van der Waals surface area contributed by atoms with E-state index in [4.69, 9.17) is 4.74 Å². The van der Waals surface area contributed by atoms with Crippen LogP contribution in [0.15, 0.2) is 12.2 Å². The quantitative estimate of drug-likeness (QED) is 0.586. The Labute approximate surface area is 73.6 Å². The van der Waals surface area contributed by atoms with E-state index in [1.807, 2.05) is 6.92 Å². The van der Waals surface area contributed by atoms with E-state index >= 15 is 0 Å². The third-order valence-corrected chi connectivity index (χ3v) is 2.07. The van der Waals surface area contributed by atoms with Crippen LogP contribution in [0.4, 0.5) is 0 Å². The summed E-state index contributed by atoms with van der Waals surface area (Å²) < 4.78 is 5.03. The number of ketones is 1. The van der Waals surface area contributed by atoms with Gasteiger partial charge in [-0.2, -0.15) is 0 Å². The van der Waals surface area contributed by atoms with E-state index < -0.39 is 0 Å². The number of rotatable bonds is 5. The average molecular weight is 168 g/mol. The van der Waals surface area contributed by atoms with Gasteiger partial charge in [0.15, 0.2) is 5.78 Å². The summed E-state index contributed by atoms with van der Waals surface area (Å²) >= 11 is 0. The maximum atomic E-state index is 11.2. The van der Waals surface area contributed by atoms with E-state index in [0.29, 0.717) is 25.6 Å². The third kappa shape index (κ3) is 3.18. The van der Waals surface area contributed by atoms with Crippen LogP contribution in [0.3, 0.4) is 0 Å². The Balaban J connectivity index is 2.12. The minimum Gasteiger partial charge on any atom is -0.374 e. The molecule has 0 amide bonds. The van der Waals surface area contributed by atoms with Crippen molar-refractivity contribution < 1.29 is 9.53 Å². The number of hydrogen-bond acceptors (Lipinski definition) is 2. The van der Waals surface area contributed by atoms with Crippen LogP contribution >= 0.6 is 0 Å². The second-order valence-electron chi connectivity index (χ2n) is 3.15. The van der Waals surface area contributed by atoms with E-state index in [1.54, 1.807) is 0 Å². The molecule has 0 saturated heterocycles. The molecule has 2 nitrogen and oxygen atoms in total. The maximum absolute atomic E-state index is 11.2.